The lowest BCUT2D eigenvalue weighted by molar-refractivity contribution is -0.149. The summed E-state index contributed by atoms with van der Waals surface area (Å²) in [5.74, 6) is 1.54. The molecule has 0 atom stereocenters. The first-order chi connectivity index (χ1) is 13.7. The topological polar surface area (TPSA) is 81.2 Å². The molecule has 0 aromatic rings. The van der Waals surface area contributed by atoms with Gasteiger partial charge >= 0.3 is 5.97 Å². The van der Waals surface area contributed by atoms with Crippen LogP contribution in [0.15, 0.2) is 4.99 Å². The van der Waals surface area contributed by atoms with Crippen LogP contribution in [0, 0.1) is 11.8 Å². The number of esters is 1. The molecular weight excluding hydrogens is 485 g/mol. The van der Waals surface area contributed by atoms with Crippen LogP contribution in [0.3, 0.4) is 0 Å². The number of ether oxygens (including phenoxy) is 3. The first kappa shape index (κ1) is 26.4. The van der Waals surface area contributed by atoms with Crippen molar-refractivity contribution in [3.63, 3.8) is 0 Å². The van der Waals surface area contributed by atoms with Crippen LogP contribution in [0.5, 0.6) is 0 Å². The van der Waals surface area contributed by atoms with Gasteiger partial charge in [-0.1, -0.05) is 0 Å². The molecular formula is C21H40IN3O4. The van der Waals surface area contributed by atoms with Crippen LogP contribution in [0.4, 0.5) is 0 Å². The predicted molar refractivity (Wildman–Crippen MR) is 126 cm³/mol. The Morgan fingerprint density at radius 1 is 1.10 bits per heavy atom. The van der Waals surface area contributed by atoms with E-state index in [1.54, 1.807) is 0 Å². The summed E-state index contributed by atoms with van der Waals surface area (Å²) in [6.45, 7) is 9.33. The molecule has 2 rings (SSSR count). The number of hydrogen-bond donors (Lipinski definition) is 2. The number of nitrogens with one attached hydrogen (secondary N) is 2. The van der Waals surface area contributed by atoms with E-state index in [0.717, 1.165) is 90.4 Å². The highest BCUT2D eigenvalue weighted by Crippen LogP contribution is 2.25. The molecule has 0 radical (unpaired) electrons. The maximum atomic E-state index is 11.9. The van der Waals surface area contributed by atoms with Crippen molar-refractivity contribution in [3.05, 3.63) is 0 Å². The van der Waals surface area contributed by atoms with Crippen molar-refractivity contribution in [1.29, 1.82) is 0 Å². The van der Waals surface area contributed by atoms with Gasteiger partial charge in [0.2, 0.25) is 0 Å². The molecule has 0 aromatic heterocycles. The predicted octanol–water partition coefficient (Wildman–Crippen LogP) is 3.11. The number of hydrogen-bond acceptors (Lipinski definition) is 5. The van der Waals surface area contributed by atoms with E-state index in [9.17, 15) is 4.79 Å². The lowest BCUT2D eigenvalue weighted by Gasteiger charge is -2.29. The van der Waals surface area contributed by atoms with E-state index in [-0.39, 0.29) is 35.9 Å². The molecule has 0 aromatic carbocycles. The zero-order chi connectivity index (χ0) is 20.0. The van der Waals surface area contributed by atoms with Crippen LogP contribution in [-0.2, 0) is 19.0 Å². The van der Waals surface area contributed by atoms with Gasteiger partial charge in [0.1, 0.15) is 0 Å². The first-order valence-electron chi connectivity index (χ1n) is 11.1. The molecule has 1 aliphatic carbocycles. The van der Waals surface area contributed by atoms with E-state index in [1.807, 2.05) is 6.92 Å². The minimum Gasteiger partial charge on any atom is -0.466 e. The van der Waals surface area contributed by atoms with Crippen molar-refractivity contribution >= 4 is 35.9 Å². The van der Waals surface area contributed by atoms with Gasteiger partial charge in [0, 0.05) is 45.6 Å². The van der Waals surface area contributed by atoms with Gasteiger partial charge in [-0.15, -0.1) is 24.0 Å². The van der Waals surface area contributed by atoms with E-state index >= 15 is 0 Å². The van der Waals surface area contributed by atoms with Gasteiger partial charge in [0.05, 0.1) is 12.5 Å². The molecule has 2 fully saturated rings. The first-order valence-corrected chi connectivity index (χ1v) is 11.1. The van der Waals surface area contributed by atoms with E-state index in [2.05, 4.69) is 22.5 Å². The number of halogens is 1. The number of guanidine groups is 1. The van der Waals surface area contributed by atoms with Crippen LogP contribution in [-0.4, -0.2) is 64.1 Å². The summed E-state index contributed by atoms with van der Waals surface area (Å²) >= 11 is 0. The van der Waals surface area contributed by atoms with Gasteiger partial charge in [-0.2, -0.15) is 0 Å². The summed E-state index contributed by atoms with van der Waals surface area (Å²) in [4.78, 5) is 16.5. The highest BCUT2D eigenvalue weighted by atomic mass is 127. The summed E-state index contributed by atoms with van der Waals surface area (Å²) < 4.78 is 16.3. The summed E-state index contributed by atoms with van der Waals surface area (Å²) in [7, 11) is 0. The summed E-state index contributed by atoms with van der Waals surface area (Å²) in [6, 6.07) is 0.369. The average molecular weight is 525 g/mol. The minimum atomic E-state index is -0.0396. The second kappa shape index (κ2) is 16.1. The third-order valence-electron chi connectivity index (χ3n) is 5.44. The van der Waals surface area contributed by atoms with Crippen molar-refractivity contribution in [3.8, 4) is 0 Å². The third-order valence-corrected chi connectivity index (χ3v) is 5.44. The molecule has 1 aliphatic heterocycles. The average Bonchev–Trinajstić information content (AvgIpc) is 2.72. The lowest BCUT2D eigenvalue weighted by Crippen LogP contribution is -2.45. The highest BCUT2D eigenvalue weighted by Gasteiger charge is 2.27. The van der Waals surface area contributed by atoms with Gasteiger partial charge in [0.15, 0.2) is 5.96 Å². The molecule has 1 saturated carbocycles. The van der Waals surface area contributed by atoms with Gasteiger partial charge < -0.3 is 24.8 Å². The van der Waals surface area contributed by atoms with Crippen LogP contribution < -0.4 is 10.6 Å². The molecule has 1 heterocycles. The molecule has 2 aliphatic rings. The standard InChI is InChI=1S/C21H39N3O4.HI/c1-3-22-21(23-12-5-13-27-16-17-10-14-26-15-11-17)24-19-8-6-18(7-9-19)20(25)28-4-2;/h17-19H,3-16H2,1-2H3,(H2,22,23,24);1H. The van der Waals surface area contributed by atoms with E-state index < -0.39 is 0 Å². The summed E-state index contributed by atoms with van der Waals surface area (Å²) in [5, 5.41) is 6.84. The molecule has 0 spiro atoms. The molecule has 8 heteroatoms. The number of nitrogens with zero attached hydrogens (tertiary/aromatic N) is 1. The Hall–Kier alpha value is -0.610. The van der Waals surface area contributed by atoms with Gasteiger partial charge in [-0.3, -0.25) is 9.79 Å². The van der Waals surface area contributed by atoms with E-state index in [4.69, 9.17) is 14.2 Å². The molecule has 0 unspecified atom stereocenters. The zero-order valence-corrected chi connectivity index (χ0v) is 20.5. The Morgan fingerprint density at radius 3 is 2.48 bits per heavy atom. The van der Waals surface area contributed by atoms with Crippen LogP contribution in [0.2, 0.25) is 0 Å². The Kier molecular flexibility index (Phi) is 14.7. The molecule has 7 nitrogen and oxygen atoms in total. The Bertz CT molecular complexity index is 465. The Morgan fingerprint density at radius 2 is 1.83 bits per heavy atom. The number of carbonyl (C=O) groups is 1. The fourth-order valence-corrected chi connectivity index (χ4v) is 3.77. The van der Waals surface area contributed by atoms with E-state index in [1.165, 1.54) is 0 Å². The quantitative estimate of drug-likeness (QED) is 0.150. The van der Waals surface area contributed by atoms with Crippen LogP contribution in [0.25, 0.3) is 0 Å². The van der Waals surface area contributed by atoms with Gasteiger partial charge in [-0.05, 0) is 64.7 Å². The zero-order valence-electron chi connectivity index (χ0n) is 18.1. The van der Waals surface area contributed by atoms with Crippen molar-refractivity contribution in [2.75, 3.05) is 46.1 Å². The fraction of sp³-hybridized carbons (Fsp3) is 0.905. The second-order valence-corrected chi connectivity index (χ2v) is 7.69. The maximum absolute atomic E-state index is 11.9. The monoisotopic (exact) mass is 525 g/mol. The van der Waals surface area contributed by atoms with Crippen LogP contribution >= 0.6 is 24.0 Å². The smallest absolute Gasteiger partial charge is 0.308 e. The molecule has 0 bridgehead atoms. The highest BCUT2D eigenvalue weighted by molar-refractivity contribution is 14.0. The SMILES string of the molecule is CCNC(=NCCCOCC1CCOCC1)NC1CCC(C(=O)OCC)CC1.I. The molecule has 0 amide bonds. The number of carbonyl (C=O) groups excluding carboxylic acids is 1. The van der Waals surface area contributed by atoms with Crippen molar-refractivity contribution in [1.82, 2.24) is 10.6 Å². The molecule has 1 saturated heterocycles. The summed E-state index contributed by atoms with van der Waals surface area (Å²) in [5.41, 5.74) is 0. The van der Waals surface area contributed by atoms with Crippen molar-refractivity contribution in [2.24, 2.45) is 16.8 Å². The Balaban J connectivity index is 0.00000420. The molecule has 170 valence electrons. The molecule has 29 heavy (non-hydrogen) atoms. The van der Waals surface area contributed by atoms with Crippen LogP contribution in [0.1, 0.15) is 58.8 Å². The third kappa shape index (κ3) is 10.8. The van der Waals surface area contributed by atoms with Gasteiger partial charge in [0.25, 0.3) is 0 Å². The Labute approximate surface area is 193 Å². The number of rotatable bonds is 10. The number of aliphatic imine (C=N–C) groups is 1. The largest absolute Gasteiger partial charge is 0.466 e. The molecule has 2 N–H and O–H groups in total. The van der Waals surface area contributed by atoms with Crippen molar-refractivity contribution < 1.29 is 19.0 Å². The second-order valence-electron chi connectivity index (χ2n) is 7.69. The normalized spacial score (nSPS) is 23.2. The van der Waals surface area contributed by atoms with Gasteiger partial charge in [-0.25, -0.2) is 0 Å². The fourth-order valence-electron chi connectivity index (χ4n) is 3.77. The maximum Gasteiger partial charge on any atom is 0.308 e. The lowest BCUT2D eigenvalue weighted by atomic mass is 9.86. The van der Waals surface area contributed by atoms with E-state index in [0.29, 0.717) is 18.6 Å². The summed E-state index contributed by atoms with van der Waals surface area (Å²) in [6.07, 6.45) is 6.88. The van der Waals surface area contributed by atoms with Crippen molar-refractivity contribution in [2.45, 2.75) is 64.8 Å². The minimum absolute atomic E-state index is 0.